The third-order valence-corrected chi connectivity index (χ3v) is 2.06. The number of hydrogen-bond acceptors (Lipinski definition) is 4. The standard InChI is InChI=1S/C12H16N2O4.C3H8/c1-17-11(15)13-7-8-14-12(16)18-9-10-5-3-2-4-6-10;1-3-2/h2-6H,7-9H2,1H3,(H,13,15)(H,14,16);3H2,1-2H3. The molecule has 6 nitrogen and oxygen atoms in total. The Kier molecular flexibility index (Phi) is 11.4. The van der Waals surface area contributed by atoms with Gasteiger partial charge in [0.15, 0.2) is 0 Å². The lowest BCUT2D eigenvalue weighted by atomic mass is 10.2. The summed E-state index contributed by atoms with van der Waals surface area (Å²) in [5, 5.41) is 4.93. The maximum atomic E-state index is 11.3. The Labute approximate surface area is 125 Å². The number of amides is 2. The minimum Gasteiger partial charge on any atom is -0.453 e. The fourth-order valence-corrected chi connectivity index (χ4v) is 1.18. The van der Waals surface area contributed by atoms with Crippen LogP contribution in [0.3, 0.4) is 0 Å². The SMILES string of the molecule is CCC.COC(=O)NCCNC(=O)OCc1ccccc1. The van der Waals surface area contributed by atoms with Gasteiger partial charge in [0, 0.05) is 13.1 Å². The first-order chi connectivity index (χ1) is 10.1. The van der Waals surface area contributed by atoms with Crippen LogP contribution in [0.1, 0.15) is 25.8 Å². The molecule has 2 N–H and O–H groups in total. The molecule has 0 radical (unpaired) electrons. The van der Waals surface area contributed by atoms with Gasteiger partial charge in [-0.2, -0.15) is 0 Å². The lowest BCUT2D eigenvalue weighted by Crippen LogP contribution is -2.34. The summed E-state index contributed by atoms with van der Waals surface area (Å²) in [6.45, 7) is 5.03. The number of rotatable bonds is 5. The fourth-order valence-electron chi connectivity index (χ4n) is 1.18. The summed E-state index contributed by atoms with van der Waals surface area (Å²) in [7, 11) is 1.27. The van der Waals surface area contributed by atoms with Gasteiger partial charge in [-0.05, 0) is 5.56 Å². The second-order valence-corrected chi connectivity index (χ2v) is 4.11. The monoisotopic (exact) mass is 296 g/mol. The molecule has 21 heavy (non-hydrogen) atoms. The summed E-state index contributed by atoms with van der Waals surface area (Å²) in [6.07, 6.45) is 0.194. The van der Waals surface area contributed by atoms with Crippen LogP contribution in [0.2, 0.25) is 0 Å². The molecule has 0 saturated carbocycles. The van der Waals surface area contributed by atoms with E-state index in [1.807, 2.05) is 30.3 Å². The largest absolute Gasteiger partial charge is 0.453 e. The molecule has 0 fully saturated rings. The normalized spacial score (nSPS) is 8.90. The average Bonchev–Trinajstić information content (AvgIpc) is 2.51. The van der Waals surface area contributed by atoms with Gasteiger partial charge < -0.3 is 20.1 Å². The molecule has 0 bridgehead atoms. The number of alkyl carbamates (subject to hydrolysis) is 2. The zero-order valence-corrected chi connectivity index (χ0v) is 12.8. The second kappa shape index (κ2) is 12.8. The summed E-state index contributed by atoms with van der Waals surface area (Å²) >= 11 is 0. The first kappa shape index (κ1) is 18.8. The van der Waals surface area contributed by atoms with Crippen molar-refractivity contribution in [3.63, 3.8) is 0 Å². The van der Waals surface area contributed by atoms with Gasteiger partial charge in [-0.1, -0.05) is 50.6 Å². The van der Waals surface area contributed by atoms with Crippen molar-refractivity contribution in [1.82, 2.24) is 10.6 Å². The zero-order valence-electron chi connectivity index (χ0n) is 12.8. The Hall–Kier alpha value is -2.24. The van der Waals surface area contributed by atoms with Gasteiger partial charge in [-0.25, -0.2) is 9.59 Å². The summed E-state index contributed by atoms with van der Waals surface area (Å²) in [4.78, 5) is 21.9. The Bertz CT molecular complexity index is 396. The highest BCUT2D eigenvalue weighted by atomic mass is 16.5. The first-order valence-electron chi connectivity index (χ1n) is 6.90. The Morgan fingerprint density at radius 1 is 1.00 bits per heavy atom. The van der Waals surface area contributed by atoms with Crippen molar-refractivity contribution >= 4 is 12.2 Å². The summed E-state index contributed by atoms with van der Waals surface area (Å²) < 4.78 is 9.34. The molecule has 6 heteroatoms. The molecule has 2 amide bonds. The van der Waals surface area contributed by atoms with E-state index in [1.165, 1.54) is 13.5 Å². The molecule has 0 atom stereocenters. The van der Waals surface area contributed by atoms with Crippen LogP contribution < -0.4 is 10.6 Å². The molecule has 0 aliphatic carbocycles. The van der Waals surface area contributed by atoms with Crippen LogP contribution in [0.15, 0.2) is 30.3 Å². The molecule has 0 unspecified atom stereocenters. The van der Waals surface area contributed by atoms with Crippen molar-refractivity contribution in [3.05, 3.63) is 35.9 Å². The van der Waals surface area contributed by atoms with Crippen LogP contribution in [0.4, 0.5) is 9.59 Å². The van der Waals surface area contributed by atoms with E-state index in [2.05, 4.69) is 29.2 Å². The van der Waals surface area contributed by atoms with Crippen molar-refractivity contribution in [2.75, 3.05) is 20.2 Å². The summed E-state index contributed by atoms with van der Waals surface area (Å²) in [5.41, 5.74) is 0.917. The van der Waals surface area contributed by atoms with Gasteiger partial charge in [0.25, 0.3) is 0 Å². The second-order valence-electron chi connectivity index (χ2n) is 4.11. The molecular formula is C15H24N2O4. The van der Waals surface area contributed by atoms with Crippen LogP contribution in [-0.4, -0.2) is 32.4 Å². The Morgan fingerprint density at radius 2 is 1.52 bits per heavy atom. The van der Waals surface area contributed by atoms with Crippen LogP contribution in [0.5, 0.6) is 0 Å². The molecule has 118 valence electrons. The number of nitrogens with one attached hydrogen (secondary N) is 2. The van der Waals surface area contributed by atoms with E-state index in [0.29, 0.717) is 0 Å². The van der Waals surface area contributed by atoms with Crippen molar-refractivity contribution in [2.24, 2.45) is 0 Å². The number of carbonyl (C=O) groups is 2. The quantitative estimate of drug-likeness (QED) is 0.819. The number of hydrogen-bond donors (Lipinski definition) is 2. The number of benzene rings is 1. The van der Waals surface area contributed by atoms with E-state index >= 15 is 0 Å². The van der Waals surface area contributed by atoms with Crippen LogP contribution in [-0.2, 0) is 16.1 Å². The van der Waals surface area contributed by atoms with E-state index < -0.39 is 12.2 Å². The summed E-state index contributed by atoms with van der Waals surface area (Å²) in [5.74, 6) is 0. The van der Waals surface area contributed by atoms with Gasteiger partial charge in [-0.15, -0.1) is 0 Å². The van der Waals surface area contributed by atoms with Gasteiger partial charge in [0.05, 0.1) is 7.11 Å². The molecule has 0 spiro atoms. The fraction of sp³-hybridized carbons (Fsp3) is 0.467. The van der Waals surface area contributed by atoms with Crippen molar-refractivity contribution in [1.29, 1.82) is 0 Å². The van der Waals surface area contributed by atoms with Gasteiger partial charge in [0.1, 0.15) is 6.61 Å². The van der Waals surface area contributed by atoms with E-state index in [1.54, 1.807) is 0 Å². The van der Waals surface area contributed by atoms with Gasteiger partial charge in [0.2, 0.25) is 0 Å². The number of methoxy groups -OCH3 is 1. The number of carbonyl (C=O) groups excluding carboxylic acids is 2. The minimum atomic E-state index is -0.533. The molecule has 0 aliphatic heterocycles. The van der Waals surface area contributed by atoms with Crippen LogP contribution in [0.25, 0.3) is 0 Å². The molecule has 1 aromatic rings. The third kappa shape index (κ3) is 11.3. The van der Waals surface area contributed by atoms with Crippen molar-refractivity contribution < 1.29 is 19.1 Å². The Morgan fingerprint density at radius 3 is 2.05 bits per heavy atom. The van der Waals surface area contributed by atoms with E-state index in [-0.39, 0.29) is 19.7 Å². The third-order valence-electron chi connectivity index (χ3n) is 2.06. The average molecular weight is 296 g/mol. The van der Waals surface area contributed by atoms with Crippen molar-refractivity contribution in [2.45, 2.75) is 26.9 Å². The molecule has 1 rings (SSSR count). The van der Waals surface area contributed by atoms with Crippen LogP contribution in [0, 0.1) is 0 Å². The molecule has 0 aromatic heterocycles. The van der Waals surface area contributed by atoms with E-state index in [4.69, 9.17) is 4.74 Å². The first-order valence-corrected chi connectivity index (χ1v) is 6.90. The van der Waals surface area contributed by atoms with E-state index in [0.717, 1.165) is 5.56 Å². The molecule has 1 aromatic carbocycles. The highest BCUT2D eigenvalue weighted by Crippen LogP contribution is 2.00. The lowest BCUT2D eigenvalue weighted by molar-refractivity contribution is 0.139. The predicted molar refractivity (Wildman–Crippen MR) is 81.0 cm³/mol. The topological polar surface area (TPSA) is 76.7 Å². The maximum absolute atomic E-state index is 11.3. The van der Waals surface area contributed by atoms with E-state index in [9.17, 15) is 9.59 Å². The van der Waals surface area contributed by atoms with Crippen molar-refractivity contribution in [3.8, 4) is 0 Å². The molecule has 0 heterocycles. The molecular weight excluding hydrogens is 272 g/mol. The van der Waals surface area contributed by atoms with Gasteiger partial charge in [-0.3, -0.25) is 0 Å². The molecule has 0 saturated heterocycles. The Balaban J connectivity index is 0.00000122. The van der Waals surface area contributed by atoms with Crippen LogP contribution >= 0.6 is 0 Å². The smallest absolute Gasteiger partial charge is 0.407 e. The maximum Gasteiger partial charge on any atom is 0.407 e. The lowest BCUT2D eigenvalue weighted by Gasteiger charge is -2.07. The predicted octanol–water partition coefficient (Wildman–Crippen LogP) is 2.69. The minimum absolute atomic E-state index is 0.219. The molecule has 0 aliphatic rings. The number of ether oxygens (including phenoxy) is 2. The van der Waals surface area contributed by atoms with Gasteiger partial charge >= 0.3 is 12.2 Å². The highest BCUT2D eigenvalue weighted by molar-refractivity contribution is 5.68. The summed E-state index contributed by atoms with van der Waals surface area (Å²) in [6, 6.07) is 9.37. The zero-order chi connectivity index (χ0) is 15.9. The highest BCUT2D eigenvalue weighted by Gasteiger charge is 2.02.